The smallest absolute Gasteiger partial charge is 0.204 e. The molecule has 6 nitrogen and oxygen atoms in total. The first-order chi connectivity index (χ1) is 10.9. The molecule has 1 saturated heterocycles. The summed E-state index contributed by atoms with van der Waals surface area (Å²) in [7, 11) is 7.94. The molecule has 0 radical (unpaired) electrons. The fraction of sp³-hybridized carbons (Fsp3) is 0.765. The molecule has 1 aliphatic heterocycles. The van der Waals surface area contributed by atoms with Crippen molar-refractivity contribution in [3.05, 3.63) is 11.9 Å². The summed E-state index contributed by atoms with van der Waals surface area (Å²) in [6, 6.07) is 0. The zero-order valence-corrected chi connectivity index (χ0v) is 18.2. The maximum Gasteiger partial charge on any atom is 0.204 e. The van der Waals surface area contributed by atoms with E-state index in [1.54, 1.807) is 0 Å². The molecule has 0 amide bonds. The molecule has 0 spiro atoms. The number of rotatable bonds is 5. The number of hydrogen-bond acceptors (Lipinski definition) is 3. The molecule has 2 rings (SSSR count). The maximum atomic E-state index is 4.46. The lowest BCUT2D eigenvalue weighted by molar-refractivity contribution is 0.403. The van der Waals surface area contributed by atoms with Crippen molar-refractivity contribution in [2.75, 3.05) is 39.1 Å². The molecule has 0 bridgehead atoms. The van der Waals surface area contributed by atoms with Crippen molar-refractivity contribution in [3.8, 4) is 0 Å². The highest BCUT2D eigenvalue weighted by Crippen LogP contribution is 2.23. The van der Waals surface area contributed by atoms with Crippen LogP contribution >= 0.6 is 24.0 Å². The highest BCUT2D eigenvalue weighted by atomic mass is 127. The third-order valence-electron chi connectivity index (χ3n) is 4.49. The Labute approximate surface area is 163 Å². The Morgan fingerprint density at radius 1 is 1.46 bits per heavy atom. The summed E-state index contributed by atoms with van der Waals surface area (Å²) in [5.74, 6) is 3.54. The molecular weight excluding hydrogens is 415 g/mol. The van der Waals surface area contributed by atoms with E-state index in [2.05, 4.69) is 45.7 Å². The molecule has 1 N–H and O–H groups in total. The highest BCUT2D eigenvalue weighted by Gasteiger charge is 2.25. The monoisotopic (exact) mass is 448 g/mol. The van der Waals surface area contributed by atoms with E-state index in [4.69, 9.17) is 0 Å². The number of aromatic nitrogens is 2. The Balaban J connectivity index is 0.00000288. The van der Waals surface area contributed by atoms with Crippen LogP contribution in [0, 0.1) is 11.8 Å². The van der Waals surface area contributed by atoms with Gasteiger partial charge >= 0.3 is 0 Å². The number of guanidine groups is 1. The Hall–Kier alpha value is -0.990. The first kappa shape index (κ1) is 21.1. The fourth-order valence-corrected chi connectivity index (χ4v) is 3.40. The summed E-state index contributed by atoms with van der Waals surface area (Å²) in [6.45, 7) is 7.58. The van der Waals surface area contributed by atoms with Crippen molar-refractivity contribution in [1.82, 2.24) is 19.8 Å². The van der Waals surface area contributed by atoms with E-state index >= 15 is 0 Å². The van der Waals surface area contributed by atoms with Gasteiger partial charge in [0.15, 0.2) is 5.96 Å². The van der Waals surface area contributed by atoms with Gasteiger partial charge in [-0.3, -0.25) is 4.99 Å². The van der Waals surface area contributed by atoms with Crippen molar-refractivity contribution in [2.24, 2.45) is 23.9 Å². The van der Waals surface area contributed by atoms with E-state index in [1.165, 1.54) is 12.8 Å². The van der Waals surface area contributed by atoms with Crippen LogP contribution in [-0.4, -0.2) is 54.6 Å². The molecule has 24 heavy (non-hydrogen) atoms. The molecule has 1 fully saturated rings. The first-order valence-corrected chi connectivity index (χ1v) is 8.55. The normalized spacial score (nSPS) is 18.0. The van der Waals surface area contributed by atoms with Crippen molar-refractivity contribution in [2.45, 2.75) is 33.2 Å². The number of halogens is 1. The van der Waals surface area contributed by atoms with E-state index in [1.807, 2.05) is 32.2 Å². The van der Waals surface area contributed by atoms with E-state index in [9.17, 15) is 0 Å². The van der Waals surface area contributed by atoms with Gasteiger partial charge in [0.2, 0.25) is 5.95 Å². The summed E-state index contributed by atoms with van der Waals surface area (Å²) in [5.41, 5.74) is 1.16. The standard InChI is InChI=1S/C17H32N6.HI/c1-13(2)9-14-7-8-23(12-14)16(18-3)19-10-15-11-20-17(21(4)5)22(15)6;/h11,13-14H,7-10,12H2,1-6H3,(H,18,19);1H. The van der Waals surface area contributed by atoms with E-state index in [-0.39, 0.29) is 24.0 Å². The second-order valence-electron chi connectivity index (χ2n) is 7.13. The van der Waals surface area contributed by atoms with Gasteiger partial charge in [-0.2, -0.15) is 0 Å². The van der Waals surface area contributed by atoms with Crippen LogP contribution in [0.4, 0.5) is 5.95 Å². The van der Waals surface area contributed by atoms with E-state index in [0.717, 1.165) is 49.1 Å². The molecule has 1 aromatic heterocycles. The van der Waals surface area contributed by atoms with E-state index < -0.39 is 0 Å². The molecule has 1 unspecified atom stereocenters. The topological polar surface area (TPSA) is 48.7 Å². The number of nitrogens with zero attached hydrogens (tertiary/aromatic N) is 5. The minimum Gasteiger partial charge on any atom is -0.351 e. The fourth-order valence-electron chi connectivity index (χ4n) is 3.40. The minimum atomic E-state index is 0. The second-order valence-corrected chi connectivity index (χ2v) is 7.13. The van der Waals surface area contributed by atoms with Crippen LogP contribution in [0.15, 0.2) is 11.2 Å². The third-order valence-corrected chi connectivity index (χ3v) is 4.49. The molecule has 1 aromatic rings. The van der Waals surface area contributed by atoms with Gasteiger partial charge in [0.25, 0.3) is 0 Å². The van der Waals surface area contributed by atoms with Gasteiger partial charge in [-0.1, -0.05) is 13.8 Å². The molecule has 2 heterocycles. The summed E-state index contributed by atoms with van der Waals surface area (Å²) >= 11 is 0. The average Bonchev–Trinajstić information content (AvgIpc) is 3.07. The first-order valence-electron chi connectivity index (χ1n) is 8.55. The summed E-state index contributed by atoms with van der Waals surface area (Å²) in [5, 5.41) is 3.49. The number of anilines is 1. The quantitative estimate of drug-likeness (QED) is 0.428. The Morgan fingerprint density at radius 2 is 2.17 bits per heavy atom. The summed E-state index contributed by atoms with van der Waals surface area (Å²) in [4.78, 5) is 13.3. The van der Waals surface area contributed by atoms with Crippen LogP contribution < -0.4 is 10.2 Å². The van der Waals surface area contributed by atoms with Gasteiger partial charge in [0.1, 0.15) is 0 Å². The van der Waals surface area contributed by atoms with Gasteiger partial charge in [-0.05, 0) is 24.7 Å². The van der Waals surface area contributed by atoms with Gasteiger partial charge < -0.3 is 19.7 Å². The highest BCUT2D eigenvalue weighted by molar-refractivity contribution is 14.0. The average molecular weight is 448 g/mol. The molecule has 1 aliphatic rings. The number of hydrogen-bond donors (Lipinski definition) is 1. The molecule has 138 valence electrons. The zero-order valence-electron chi connectivity index (χ0n) is 15.9. The number of likely N-dealkylation sites (tertiary alicyclic amines) is 1. The van der Waals surface area contributed by atoms with Crippen LogP contribution in [0.5, 0.6) is 0 Å². The van der Waals surface area contributed by atoms with Crippen LogP contribution in [0.1, 0.15) is 32.4 Å². The molecule has 0 aliphatic carbocycles. The second kappa shape index (κ2) is 9.48. The molecule has 0 aromatic carbocycles. The zero-order chi connectivity index (χ0) is 17.0. The molecule has 0 saturated carbocycles. The Kier molecular flexibility index (Phi) is 8.32. The minimum absolute atomic E-state index is 0. The SMILES string of the molecule is CN=C(NCc1cnc(N(C)C)n1C)N1CCC(CC(C)C)C1.I. The lowest BCUT2D eigenvalue weighted by Gasteiger charge is -2.22. The van der Waals surface area contributed by atoms with Crippen LogP contribution in [0.3, 0.4) is 0 Å². The predicted molar refractivity (Wildman–Crippen MR) is 112 cm³/mol. The largest absolute Gasteiger partial charge is 0.351 e. The van der Waals surface area contributed by atoms with Gasteiger partial charge in [0, 0.05) is 41.3 Å². The van der Waals surface area contributed by atoms with Gasteiger partial charge in [0.05, 0.1) is 18.4 Å². The van der Waals surface area contributed by atoms with Crippen molar-refractivity contribution in [1.29, 1.82) is 0 Å². The molecule has 7 heteroatoms. The lowest BCUT2D eigenvalue weighted by atomic mass is 9.97. The van der Waals surface area contributed by atoms with Crippen molar-refractivity contribution >= 4 is 35.9 Å². The Bertz CT molecular complexity index is 537. The molecule has 1 atom stereocenters. The number of nitrogens with one attached hydrogen (secondary N) is 1. The van der Waals surface area contributed by atoms with Crippen molar-refractivity contribution in [3.63, 3.8) is 0 Å². The number of aliphatic imine (C=N–C) groups is 1. The van der Waals surface area contributed by atoms with Gasteiger partial charge in [-0.15, -0.1) is 24.0 Å². The Morgan fingerprint density at radius 3 is 2.71 bits per heavy atom. The van der Waals surface area contributed by atoms with Crippen LogP contribution in [0.2, 0.25) is 0 Å². The maximum absolute atomic E-state index is 4.46. The lowest BCUT2D eigenvalue weighted by Crippen LogP contribution is -2.40. The molecular formula is C17H33IN6. The van der Waals surface area contributed by atoms with Crippen LogP contribution in [0.25, 0.3) is 0 Å². The van der Waals surface area contributed by atoms with Crippen LogP contribution in [-0.2, 0) is 13.6 Å². The predicted octanol–water partition coefficient (Wildman–Crippen LogP) is 2.55. The van der Waals surface area contributed by atoms with Crippen molar-refractivity contribution < 1.29 is 0 Å². The van der Waals surface area contributed by atoms with E-state index in [0.29, 0.717) is 0 Å². The van der Waals surface area contributed by atoms with Gasteiger partial charge in [-0.25, -0.2) is 4.98 Å². The third kappa shape index (κ3) is 5.26. The summed E-state index contributed by atoms with van der Waals surface area (Å²) in [6.07, 6.45) is 4.51. The summed E-state index contributed by atoms with van der Waals surface area (Å²) < 4.78 is 2.12. The number of imidazole rings is 1.